The zero-order chi connectivity index (χ0) is 51.0. The molecule has 0 aliphatic carbocycles. The zero-order valence-corrected chi connectivity index (χ0v) is 42.5. The Hall–Kier alpha value is -6.13. The van der Waals surface area contributed by atoms with Gasteiger partial charge in [-0.15, -0.1) is 0 Å². The minimum Gasteiger partial charge on any atom is -0.390 e. The molecule has 72 heavy (non-hydrogen) atoms. The van der Waals surface area contributed by atoms with Gasteiger partial charge in [0.15, 0.2) is 5.78 Å². The van der Waals surface area contributed by atoms with Gasteiger partial charge in [0.25, 0.3) is 5.91 Å². The summed E-state index contributed by atoms with van der Waals surface area (Å²) in [4.78, 5) is 79.4. The number of unbranched alkanes of at least 4 members (excludes halogenated alkanes) is 3. The average Bonchev–Trinajstić information content (AvgIpc) is 3.38. The van der Waals surface area contributed by atoms with Crippen LogP contribution >= 0.6 is 46.4 Å². The summed E-state index contributed by atoms with van der Waals surface area (Å²) in [6.07, 6.45) is 7.90. The number of hydrogen-bond acceptors (Lipinski definition) is 10. The molecule has 2 atom stereocenters. The third-order valence-electron chi connectivity index (χ3n) is 12.3. The maximum absolute atomic E-state index is 14.5. The van der Waals surface area contributed by atoms with Crippen molar-refractivity contribution in [1.82, 2.24) is 35.7 Å². The molecular weight excluding hydrogens is 998 g/mol. The first-order valence-corrected chi connectivity index (χ1v) is 25.3. The molecule has 18 heteroatoms. The van der Waals surface area contributed by atoms with E-state index in [4.69, 9.17) is 46.4 Å². The van der Waals surface area contributed by atoms with Gasteiger partial charge >= 0.3 is 0 Å². The number of nitrogens with one attached hydrogen (secondary N) is 4. The lowest BCUT2D eigenvalue weighted by molar-refractivity contribution is -0.136. The molecule has 5 N–H and O–H groups in total. The molecule has 7 rings (SSSR count). The first-order chi connectivity index (χ1) is 34.8. The Labute approximate surface area is 439 Å². The lowest BCUT2D eigenvalue weighted by Crippen LogP contribution is -2.52. The second kappa shape index (κ2) is 26.5. The van der Waals surface area contributed by atoms with E-state index in [2.05, 4.69) is 48.3 Å². The molecule has 14 nitrogen and oxygen atoms in total. The van der Waals surface area contributed by atoms with Crippen molar-refractivity contribution in [3.8, 4) is 0 Å². The van der Waals surface area contributed by atoms with E-state index >= 15 is 0 Å². The van der Waals surface area contributed by atoms with Gasteiger partial charge in [0.2, 0.25) is 17.7 Å². The highest BCUT2D eigenvalue weighted by molar-refractivity contribution is 6.42. The number of aliphatic hydroxyl groups excluding tert-OH is 1. The van der Waals surface area contributed by atoms with Gasteiger partial charge in [-0.2, -0.15) is 0 Å². The van der Waals surface area contributed by atoms with Crippen LogP contribution < -0.4 is 21.3 Å². The van der Waals surface area contributed by atoms with Gasteiger partial charge in [-0.3, -0.25) is 28.9 Å². The Morgan fingerprint density at radius 1 is 0.708 bits per heavy atom. The Balaban J connectivity index is 0.852. The Bertz CT molecular complexity index is 2740. The molecule has 2 aliphatic rings. The van der Waals surface area contributed by atoms with Gasteiger partial charge in [0.1, 0.15) is 23.9 Å². The largest absolute Gasteiger partial charge is 0.390 e. The fraction of sp³-hybridized carbons (Fsp3) is 0.315. The second-order valence-corrected chi connectivity index (χ2v) is 19.4. The van der Waals surface area contributed by atoms with Crippen molar-refractivity contribution < 1.29 is 29.1 Å². The number of carbonyl (C=O) groups is 5. The first-order valence-electron chi connectivity index (χ1n) is 23.8. The predicted octanol–water partition coefficient (Wildman–Crippen LogP) is 8.02. The third-order valence-corrected chi connectivity index (χ3v) is 13.7. The van der Waals surface area contributed by atoms with E-state index in [1.54, 1.807) is 53.5 Å². The monoisotopic (exact) mass is 1050 g/mol. The number of halogens is 4. The molecule has 2 aliphatic heterocycles. The van der Waals surface area contributed by atoms with Crippen LogP contribution in [0, 0.1) is 0 Å². The van der Waals surface area contributed by atoms with Crippen LogP contribution in [0.5, 0.6) is 0 Å². The van der Waals surface area contributed by atoms with Crippen molar-refractivity contribution in [3.63, 3.8) is 0 Å². The number of carbonyl (C=O) groups excluding carboxylic acids is 5. The molecule has 0 radical (unpaired) electrons. The highest BCUT2D eigenvalue weighted by atomic mass is 35.5. The molecule has 376 valence electrons. The van der Waals surface area contributed by atoms with E-state index in [0.29, 0.717) is 80.5 Å². The highest BCUT2D eigenvalue weighted by Gasteiger charge is 2.34. The lowest BCUT2D eigenvalue weighted by atomic mass is 9.93. The number of aromatic nitrogens is 2. The number of rotatable bonds is 21. The topological polar surface area (TPSA) is 186 Å². The fourth-order valence-electron chi connectivity index (χ4n) is 8.52. The third kappa shape index (κ3) is 15.9. The van der Waals surface area contributed by atoms with Crippen LogP contribution in [0.3, 0.4) is 0 Å². The van der Waals surface area contributed by atoms with E-state index in [1.165, 1.54) is 23.5 Å². The molecular formula is C54H56Cl4N8O6. The van der Waals surface area contributed by atoms with E-state index in [9.17, 15) is 29.1 Å². The summed E-state index contributed by atoms with van der Waals surface area (Å²) < 4.78 is 0. The van der Waals surface area contributed by atoms with E-state index in [0.717, 1.165) is 31.5 Å². The van der Waals surface area contributed by atoms with E-state index in [-0.39, 0.29) is 68.2 Å². The van der Waals surface area contributed by atoms with Crippen LogP contribution in [0.15, 0.2) is 115 Å². The van der Waals surface area contributed by atoms with Crippen molar-refractivity contribution in [2.24, 2.45) is 0 Å². The van der Waals surface area contributed by atoms with Crippen molar-refractivity contribution in [2.45, 2.75) is 63.6 Å². The summed E-state index contributed by atoms with van der Waals surface area (Å²) in [6.45, 7) is 2.41. The van der Waals surface area contributed by atoms with Crippen LogP contribution in [-0.4, -0.2) is 112 Å². The second-order valence-electron chi connectivity index (χ2n) is 17.8. The zero-order valence-electron chi connectivity index (χ0n) is 39.5. The number of Topliss-reactive ketones (excluding diaryl/α,β-unsaturated/α-hetero) is 1. The first kappa shape index (κ1) is 53.7. The molecule has 4 amide bonds. The standard InChI is InChI=1S/C54H56Cl4N8O6/c55-43-17-15-36(24-45(43)57)22-40-31-66(32-41(52(40)70)23-37-16-18-44(56)46(58)25-37)54(72)48(26-35-10-4-3-5-11-35)64-50(68)14-6-1-2-9-20-59-51(69)29-60-49-27-47(62-34-63-49)53(71)61-28-42(67)33-65-21-19-38-12-7-8-13-39(38)30-65/h3-5,7-8,10-13,15-18,22-25,27,34,42,48,67H,1-2,6,9,14,19-21,26,28-33H2,(H,59,69)(H,61,71)(H,64,68)(H,60,62,63)/b40-22+,41-23+. The van der Waals surface area contributed by atoms with Crippen molar-refractivity contribution in [1.29, 1.82) is 0 Å². The van der Waals surface area contributed by atoms with E-state index in [1.807, 2.05) is 42.5 Å². The normalized spacial score (nSPS) is 15.7. The van der Waals surface area contributed by atoms with Crippen LogP contribution in [0.25, 0.3) is 12.2 Å². The summed E-state index contributed by atoms with van der Waals surface area (Å²) in [5, 5.41) is 23.5. The summed E-state index contributed by atoms with van der Waals surface area (Å²) in [5.74, 6) is -1.30. The van der Waals surface area contributed by atoms with Gasteiger partial charge in [0.05, 0.1) is 32.7 Å². The SMILES string of the molecule is O=C(CNc1cc(C(=O)NCC(O)CN2CCc3ccccc3C2)ncn1)NCCCCCCC(=O)NC(Cc1ccccc1)C(=O)N1C/C(=C\c2ccc(Cl)c(Cl)c2)C(=O)/C(=C/c2ccc(Cl)c(Cl)c2)C1. The van der Waals surface area contributed by atoms with Crippen molar-refractivity contribution >= 4 is 93.8 Å². The predicted molar refractivity (Wildman–Crippen MR) is 283 cm³/mol. The minimum atomic E-state index is -0.922. The summed E-state index contributed by atoms with van der Waals surface area (Å²) in [6, 6.07) is 28.2. The van der Waals surface area contributed by atoms with Gasteiger partial charge in [0, 0.05) is 75.9 Å². The minimum absolute atomic E-state index is 0.00649. The molecule has 1 saturated heterocycles. The molecule has 1 aromatic heterocycles. The maximum Gasteiger partial charge on any atom is 0.270 e. The molecule has 2 unspecified atom stereocenters. The van der Waals surface area contributed by atoms with Crippen LogP contribution in [0.2, 0.25) is 20.1 Å². The number of nitrogens with zero attached hydrogens (tertiary/aromatic N) is 4. The highest BCUT2D eigenvalue weighted by Crippen LogP contribution is 2.29. The molecule has 0 bridgehead atoms. The van der Waals surface area contributed by atoms with Crippen LogP contribution in [-0.2, 0) is 38.6 Å². The molecule has 5 aromatic rings. The van der Waals surface area contributed by atoms with Gasteiger partial charge < -0.3 is 31.3 Å². The summed E-state index contributed by atoms with van der Waals surface area (Å²) in [5.41, 5.74) is 5.49. The quantitative estimate of drug-likeness (QED) is 0.0356. The number of amides is 4. The van der Waals surface area contributed by atoms with Crippen LogP contribution in [0.4, 0.5) is 5.82 Å². The van der Waals surface area contributed by atoms with Gasteiger partial charge in [-0.1, -0.05) is 126 Å². The number of fused-ring (bicyclic) bond motifs is 1. The number of anilines is 1. The lowest BCUT2D eigenvalue weighted by Gasteiger charge is -2.33. The molecule has 4 aromatic carbocycles. The van der Waals surface area contributed by atoms with Gasteiger partial charge in [-0.05, 0) is 83.5 Å². The Morgan fingerprint density at radius 2 is 1.36 bits per heavy atom. The Morgan fingerprint density at radius 3 is 2.04 bits per heavy atom. The molecule has 0 spiro atoms. The Kier molecular flexibility index (Phi) is 19.8. The number of β-amino-alcohol motifs (C(OH)–C–C–N with tert-alkyl or cyclic N) is 1. The number of hydrogen-bond donors (Lipinski definition) is 5. The molecule has 0 saturated carbocycles. The average molecular weight is 1050 g/mol. The number of piperidine rings is 1. The fourth-order valence-corrected chi connectivity index (χ4v) is 9.13. The van der Waals surface area contributed by atoms with E-state index < -0.39 is 18.1 Å². The van der Waals surface area contributed by atoms with Crippen LogP contribution in [0.1, 0.15) is 70.4 Å². The summed E-state index contributed by atoms with van der Waals surface area (Å²) in [7, 11) is 0. The van der Waals surface area contributed by atoms with Crippen molar-refractivity contribution in [3.05, 3.63) is 168 Å². The number of aliphatic hydroxyl groups is 1. The molecule has 1 fully saturated rings. The number of benzene rings is 4. The number of likely N-dealkylation sites (tertiary alicyclic amines) is 1. The maximum atomic E-state index is 14.5. The summed E-state index contributed by atoms with van der Waals surface area (Å²) >= 11 is 25.0. The van der Waals surface area contributed by atoms with Gasteiger partial charge in [-0.25, -0.2) is 9.97 Å². The smallest absolute Gasteiger partial charge is 0.270 e. The molecule has 3 heterocycles. The number of ketones is 1. The van der Waals surface area contributed by atoms with Crippen molar-refractivity contribution in [2.75, 3.05) is 51.1 Å².